The van der Waals surface area contributed by atoms with Gasteiger partial charge in [0.05, 0.1) is 12.2 Å². The summed E-state index contributed by atoms with van der Waals surface area (Å²) in [5, 5.41) is 2.93. The van der Waals surface area contributed by atoms with Gasteiger partial charge in [0.25, 0.3) is 0 Å². The molecule has 4 nitrogen and oxygen atoms in total. The van der Waals surface area contributed by atoms with E-state index in [0.717, 1.165) is 6.42 Å². The molecule has 5 heteroatoms. The molecule has 23 heavy (non-hydrogen) atoms. The standard InChI is InChI=1S/C18H19FN2O2/c1-11-8-15(11)18(22)21-12(2)13-5-6-17(16(19)9-13)23-14-4-3-7-20-10-14/h3-7,9-12,15H,8H2,1-2H3,(H,21,22). The van der Waals surface area contributed by atoms with E-state index < -0.39 is 5.82 Å². The summed E-state index contributed by atoms with van der Waals surface area (Å²) in [6, 6.07) is 7.92. The summed E-state index contributed by atoms with van der Waals surface area (Å²) < 4.78 is 19.7. The maximum Gasteiger partial charge on any atom is 0.223 e. The zero-order valence-electron chi connectivity index (χ0n) is 13.1. The van der Waals surface area contributed by atoms with E-state index in [1.54, 1.807) is 30.5 Å². The molecule has 0 saturated heterocycles. The first kappa shape index (κ1) is 15.5. The van der Waals surface area contributed by atoms with Crippen LogP contribution < -0.4 is 10.1 Å². The van der Waals surface area contributed by atoms with Crippen molar-refractivity contribution in [3.63, 3.8) is 0 Å². The maximum absolute atomic E-state index is 14.2. The van der Waals surface area contributed by atoms with Crippen molar-refractivity contribution in [3.8, 4) is 11.5 Å². The Bertz CT molecular complexity index is 705. The number of hydrogen-bond acceptors (Lipinski definition) is 3. The van der Waals surface area contributed by atoms with E-state index in [0.29, 0.717) is 17.2 Å². The predicted octanol–water partition coefficient (Wildman–Crippen LogP) is 3.85. The lowest BCUT2D eigenvalue weighted by Crippen LogP contribution is -2.28. The number of carbonyl (C=O) groups excluding carboxylic acids is 1. The number of halogens is 1. The first-order chi connectivity index (χ1) is 11.0. The molecular formula is C18H19FN2O2. The van der Waals surface area contributed by atoms with E-state index in [1.807, 2.05) is 6.92 Å². The lowest BCUT2D eigenvalue weighted by Gasteiger charge is -2.15. The molecule has 1 aliphatic carbocycles. The van der Waals surface area contributed by atoms with Gasteiger partial charge < -0.3 is 10.1 Å². The highest BCUT2D eigenvalue weighted by atomic mass is 19.1. The molecule has 1 fully saturated rings. The second-order valence-electron chi connectivity index (χ2n) is 6.03. The van der Waals surface area contributed by atoms with Crippen LogP contribution in [0.1, 0.15) is 31.9 Å². The highest BCUT2D eigenvalue weighted by molar-refractivity contribution is 5.81. The number of hydrogen-bond donors (Lipinski definition) is 1. The van der Waals surface area contributed by atoms with Gasteiger partial charge in [0.2, 0.25) is 5.91 Å². The molecule has 3 unspecified atom stereocenters. The van der Waals surface area contributed by atoms with Crippen LogP contribution >= 0.6 is 0 Å². The highest BCUT2D eigenvalue weighted by Gasteiger charge is 2.39. The van der Waals surface area contributed by atoms with Crippen molar-refractivity contribution in [2.45, 2.75) is 26.3 Å². The predicted molar refractivity (Wildman–Crippen MR) is 84.5 cm³/mol. The van der Waals surface area contributed by atoms with Crippen molar-refractivity contribution in [1.29, 1.82) is 0 Å². The number of amides is 1. The van der Waals surface area contributed by atoms with Gasteiger partial charge in [-0.15, -0.1) is 0 Å². The molecule has 3 atom stereocenters. The van der Waals surface area contributed by atoms with Gasteiger partial charge in [0.15, 0.2) is 11.6 Å². The third-order valence-corrected chi connectivity index (χ3v) is 4.12. The fourth-order valence-corrected chi connectivity index (χ4v) is 2.49. The molecule has 120 valence electrons. The zero-order valence-corrected chi connectivity index (χ0v) is 13.1. The summed E-state index contributed by atoms with van der Waals surface area (Å²) in [6.45, 7) is 3.90. The zero-order chi connectivity index (χ0) is 16.4. The third kappa shape index (κ3) is 3.67. The first-order valence-corrected chi connectivity index (χ1v) is 7.72. The molecule has 1 saturated carbocycles. The van der Waals surface area contributed by atoms with Crippen LogP contribution in [0.25, 0.3) is 0 Å². The van der Waals surface area contributed by atoms with E-state index in [9.17, 15) is 9.18 Å². The Morgan fingerprint density at radius 2 is 2.22 bits per heavy atom. The number of nitrogens with zero attached hydrogens (tertiary/aromatic N) is 1. The Labute approximate surface area is 134 Å². The van der Waals surface area contributed by atoms with Gasteiger partial charge in [-0.2, -0.15) is 0 Å². The van der Waals surface area contributed by atoms with Crippen LogP contribution in [0.15, 0.2) is 42.7 Å². The maximum atomic E-state index is 14.2. The van der Waals surface area contributed by atoms with Crippen LogP contribution in [0, 0.1) is 17.7 Å². The SMILES string of the molecule is CC(NC(=O)C1CC1C)c1ccc(Oc2cccnc2)c(F)c1. The Morgan fingerprint density at radius 1 is 1.43 bits per heavy atom. The number of benzene rings is 1. The molecule has 0 bridgehead atoms. The van der Waals surface area contributed by atoms with E-state index >= 15 is 0 Å². The van der Waals surface area contributed by atoms with Crippen molar-refractivity contribution >= 4 is 5.91 Å². The average molecular weight is 314 g/mol. The van der Waals surface area contributed by atoms with E-state index in [2.05, 4.69) is 17.2 Å². The normalized spacial score (nSPS) is 20.7. The summed E-state index contributed by atoms with van der Waals surface area (Å²) in [5.74, 6) is 0.748. The summed E-state index contributed by atoms with van der Waals surface area (Å²) in [6.07, 6.45) is 4.08. The summed E-state index contributed by atoms with van der Waals surface area (Å²) in [5.41, 5.74) is 0.711. The van der Waals surface area contributed by atoms with Gasteiger partial charge in [-0.05, 0) is 49.1 Å². The van der Waals surface area contributed by atoms with Crippen LogP contribution in [0.4, 0.5) is 4.39 Å². The molecule has 1 amide bonds. The minimum Gasteiger partial charge on any atom is -0.453 e. The van der Waals surface area contributed by atoms with Gasteiger partial charge in [0, 0.05) is 12.1 Å². The molecule has 0 spiro atoms. The topological polar surface area (TPSA) is 51.2 Å². The molecule has 1 aromatic carbocycles. The van der Waals surface area contributed by atoms with Gasteiger partial charge in [0.1, 0.15) is 5.75 Å². The molecule has 1 N–H and O–H groups in total. The number of carbonyl (C=O) groups is 1. The average Bonchev–Trinajstić information content (AvgIpc) is 3.27. The summed E-state index contributed by atoms with van der Waals surface area (Å²) in [4.78, 5) is 15.9. The van der Waals surface area contributed by atoms with Gasteiger partial charge in [-0.3, -0.25) is 9.78 Å². The van der Waals surface area contributed by atoms with E-state index in [-0.39, 0.29) is 23.6 Å². The molecule has 0 aliphatic heterocycles. The van der Waals surface area contributed by atoms with Crippen LogP contribution in [0.5, 0.6) is 11.5 Å². The molecule has 1 aromatic heterocycles. The Morgan fingerprint density at radius 3 is 2.83 bits per heavy atom. The molecule has 3 rings (SSSR count). The second kappa shape index (κ2) is 6.36. The van der Waals surface area contributed by atoms with Crippen LogP contribution in [-0.4, -0.2) is 10.9 Å². The van der Waals surface area contributed by atoms with Crippen molar-refractivity contribution in [2.24, 2.45) is 11.8 Å². The van der Waals surface area contributed by atoms with E-state index in [4.69, 9.17) is 4.74 Å². The number of ether oxygens (including phenoxy) is 1. The summed E-state index contributed by atoms with van der Waals surface area (Å²) in [7, 11) is 0. The van der Waals surface area contributed by atoms with E-state index in [1.165, 1.54) is 12.3 Å². The number of rotatable bonds is 5. The first-order valence-electron chi connectivity index (χ1n) is 7.72. The number of pyridine rings is 1. The fourth-order valence-electron chi connectivity index (χ4n) is 2.49. The lowest BCUT2D eigenvalue weighted by molar-refractivity contribution is -0.123. The fraction of sp³-hybridized carbons (Fsp3) is 0.333. The molecule has 1 heterocycles. The van der Waals surface area contributed by atoms with Crippen molar-refractivity contribution in [3.05, 3.63) is 54.1 Å². The van der Waals surface area contributed by atoms with Gasteiger partial charge >= 0.3 is 0 Å². The number of nitrogens with one attached hydrogen (secondary N) is 1. The van der Waals surface area contributed by atoms with Gasteiger partial charge in [-0.1, -0.05) is 13.0 Å². The second-order valence-corrected chi connectivity index (χ2v) is 6.03. The van der Waals surface area contributed by atoms with Gasteiger partial charge in [-0.25, -0.2) is 4.39 Å². The monoisotopic (exact) mass is 314 g/mol. The van der Waals surface area contributed by atoms with Crippen molar-refractivity contribution in [1.82, 2.24) is 10.3 Å². The highest BCUT2D eigenvalue weighted by Crippen LogP contribution is 2.38. The largest absolute Gasteiger partial charge is 0.453 e. The Balaban J connectivity index is 1.67. The molecule has 2 aromatic rings. The Kier molecular flexibility index (Phi) is 4.28. The molecule has 1 aliphatic rings. The minimum absolute atomic E-state index is 0.0427. The summed E-state index contributed by atoms with van der Waals surface area (Å²) >= 11 is 0. The van der Waals surface area contributed by atoms with Crippen LogP contribution in [0.3, 0.4) is 0 Å². The van der Waals surface area contributed by atoms with Crippen LogP contribution in [-0.2, 0) is 4.79 Å². The number of aromatic nitrogens is 1. The quantitative estimate of drug-likeness (QED) is 0.912. The van der Waals surface area contributed by atoms with Crippen LogP contribution in [0.2, 0.25) is 0 Å². The Hall–Kier alpha value is -2.43. The minimum atomic E-state index is -0.466. The van der Waals surface area contributed by atoms with Crippen molar-refractivity contribution < 1.29 is 13.9 Å². The smallest absolute Gasteiger partial charge is 0.223 e. The lowest BCUT2D eigenvalue weighted by atomic mass is 10.1. The van der Waals surface area contributed by atoms with Crippen molar-refractivity contribution in [2.75, 3.05) is 0 Å². The molecular weight excluding hydrogens is 295 g/mol. The third-order valence-electron chi connectivity index (χ3n) is 4.12. The molecule has 0 radical (unpaired) electrons.